The predicted octanol–water partition coefficient (Wildman–Crippen LogP) is 7.13. The van der Waals surface area contributed by atoms with Gasteiger partial charge in [0.1, 0.15) is 5.84 Å². The van der Waals surface area contributed by atoms with Crippen LogP contribution in [0.3, 0.4) is 0 Å². The van der Waals surface area contributed by atoms with Gasteiger partial charge in [-0.15, -0.1) is 0 Å². The number of amides is 2. The molecule has 2 aromatic carbocycles. The number of allylic oxidation sites excluding steroid dienone is 1. The molecule has 3 aliphatic rings. The SMILES string of the molecule is C=C(CC)/C(=C1/C=CNC1=NC)N1CCCC(c2cccc(NC(=O)Nc3c(Cl)cccc3N3CCCC3)c2)C1. The highest BCUT2D eigenvalue weighted by molar-refractivity contribution is 6.34. The Morgan fingerprint density at radius 1 is 1.12 bits per heavy atom. The zero-order valence-electron chi connectivity index (χ0n) is 23.5. The third kappa shape index (κ3) is 6.04. The van der Waals surface area contributed by atoms with Crippen molar-refractivity contribution >= 4 is 40.5 Å². The van der Waals surface area contributed by atoms with Crippen LogP contribution in [0.5, 0.6) is 0 Å². The number of nitrogens with one attached hydrogen (secondary N) is 3. The van der Waals surface area contributed by atoms with Crippen molar-refractivity contribution < 1.29 is 4.79 Å². The molecule has 0 radical (unpaired) electrons. The van der Waals surface area contributed by atoms with Gasteiger partial charge in [0.25, 0.3) is 0 Å². The Bertz CT molecular complexity index is 1360. The maximum absolute atomic E-state index is 13.1. The van der Waals surface area contributed by atoms with Gasteiger partial charge in [-0.2, -0.15) is 0 Å². The first kappa shape index (κ1) is 27.8. The van der Waals surface area contributed by atoms with Gasteiger partial charge in [-0.05, 0) is 73.6 Å². The van der Waals surface area contributed by atoms with Gasteiger partial charge in [0, 0.05) is 56.6 Å². The second kappa shape index (κ2) is 12.6. The maximum Gasteiger partial charge on any atom is 0.323 e. The summed E-state index contributed by atoms with van der Waals surface area (Å²) in [5.41, 5.74) is 7.01. The van der Waals surface area contributed by atoms with Crippen LogP contribution in [0.15, 0.2) is 83.2 Å². The Morgan fingerprint density at radius 2 is 1.93 bits per heavy atom. The lowest BCUT2D eigenvalue weighted by molar-refractivity contribution is 0.261. The average molecular weight is 559 g/mol. The molecule has 3 N–H and O–H groups in total. The second-order valence-electron chi connectivity index (χ2n) is 10.6. The van der Waals surface area contributed by atoms with Crippen molar-refractivity contribution in [3.05, 3.63) is 88.7 Å². The quantitative estimate of drug-likeness (QED) is 0.338. The molecule has 5 rings (SSSR count). The highest BCUT2D eigenvalue weighted by atomic mass is 35.5. The van der Waals surface area contributed by atoms with E-state index < -0.39 is 0 Å². The molecule has 1 atom stereocenters. The van der Waals surface area contributed by atoms with Gasteiger partial charge in [0.15, 0.2) is 0 Å². The number of nitrogens with zero attached hydrogens (tertiary/aromatic N) is 3. The van der Waals surface area contributed by atoms with Gasteiger partial charge < -0.3 is 25.8 Å². The minimum absolute atomic E-state index is 0.297. The summed E-state index contributed by atoms with van der Waals surface area (Å²) in [6, 6.07) is 13.7. The van der Waals surface area contributed by atoms with E-state index in [9.17, 15) is 4.79 Å². The number of rotatable bonds is 7. The summed E-state index contributed by atoms with van der Waals surface area (Å²) in [4.78, 5) is 22.3. The van der Waals surface area contributed by atoms with Crippen molar-refractivity contribution in [2.45, 2.75) is 44.9 Å². The molecule has 7 nitrogen and oxygen atoms in total. The summed E-state index contributed by atoms with van der Waals surface area (Å²) in [5.74, 6) is 1.22. The van der Waals surface area contributed by atoms with E-state index in [0.29, 0.717) is 16.6 Å². The number of para-hydroxylation sites is 1. The van der Waals surface area contributed by atoms with Crippen molar-refractivity contribution in [1.29, 1.82) is 0 Å². The van der Waals surface area contributed by atoms with Crippen molar-refractivity contribution in [2.75, 3.05) is 48.8 Å². The molecule has 2 fully saturated rings. The predicted molar refractivity (Wildman–Crippen MR) is 168 cm³/mol. The lowest BCUT2D eigenvalue weighted by Gasteiger charge is -2.37. The number of likely N-dealkylation sites (tertiary alicyclic amines) is 1. The van der Waals surface area contributed by atoms with Crippen LogP contribution in [0.4, 0.5) is 21.9 Å². The summed E-state index contributed by atoms with van der Waals surface area (Å²) in [6.45, 7) is 10.4. The first-order valence-electron chi connectivity index (χ1n) is 14.3. The fourth-order valence-corrected chi connectivity index (χ4v) is 6.16. The fourth-order valence-electron chi connectivity index (χ4n) is 5.95. The molecule has 1 unspecified atom stereocenters. The minimum atomic E-state index is -0.297. The molecule has 0 aromatic heterocycles. The molecule has 0 saturated carbocycles. The van der Waals surface area contributed by atoms with E-state index in [4.69, 9.17) is 11.6 Å². The number of hydrogen-bond acceptors (Lipinski definition) is 4. The van der Waals surface area contributed by atoms with Crippen LogP contribution in [0, 0.1) is 0 Å². The normalized spacial score (nSPS) is 21.0. The Labute approximate surface area is 242 Å². The van der Waals surface area contributed by atoms with E-state index in [1.165, 1.54) is 11.3 Å². The van der Waals surface area contributed by atoms with Crippen molar-refractivity contribution in [3.63, 3.8) is 0 Å². The van der Waals surface area contributed by atoms with Gasteiger partial charge in [-0.1, -0.05) is 43.3 Å². The van der Waals surface area contributed by atoms with E-state index in [1.807, 2.05) is 43.6 Å². The first-order valence-corrected chi connectivity index (χ1v) is 14.6. The summed E-state index contributed by atoms with van der Waals surface area (Å²) in [6.07, 6.45) is 9.39. The summed E-state index contributed by atoms with van der Waals surface area (Å²) in [5, 5.41) is 9.84. The Kier molecular flexibility index (Phi) is 8.80. The fraction of sp³-hybridized carbons (Fsp3) is 0.375. The van der Waals surface area contributed by atoms with Crippen molar-refractivity contribution in [2.24, 2.45) is 4.99 Å². The molecule has 2 saturated heterocycles. The largest absolute Gasteiger partial charge is 0.370 e. The number of amidine groups is 1. The molecule has 3 aliphatic heterocycles. The van der Waals surface area contributed by atoms with Crippen LogP contribution in [0.2, 0.25) is 5.02 Å². The number of hydrogen-bond donors (Lipinski definition) is 3. The number of aliphatic imine (C=N–C) groups is 1. The van der Waals surface area contributed by atoms with E-state index in [2.05, 4.69) is 62.5 Å². The minimum Gasteiger partial charge on any atom is -0.370 e. The monoisotopic (exact) mass is 558 g/mol. The summed E-state index contributed by atoms with van der Waals surface area (Å²) >= 11 is 6.52. The molecule has 0 aliphatic carbocycles. The Morgan fingerprint density at radius 3 is 2.70 bits per heavy atom. The van der Waals surface area contributed by atoms with Crippen LogP contribution in [-0.4, -0.2) is 50.0 Å². The molecule has 0 spiro atoms. The molecule has 40 heavy (non-hydrogen) atoms. The average Bonchev–Trinajstić information content (AvgIpc) is 3.67. The number of carbonyl (C=O) groups is 1. The third-order valence-corrected chi connectivity index (χ3v) is 8.31. The van der Waals surface area contributed by atoms with Crippen LogP contribution in [-0.2, 0) is 0 Å². The second-order valence-corrected chi connectivity index (χ2v) is 11.0. The van der Waals surface area contributed by atoms with E-state index in [0.717, 1.165) is 86.6 Å². The Balaban J connectivity index is 1.31. The van der Waals surface area contributed by atoms with Gasteiger partial charge in [0.2, 0.25) is 0 Å². The summed E-state index contributed by atoms with van der Waals surface area (Å²) < 4.78 is 0. The van der Waals surface area contributed by atoms with Gasteiger partial charge in [-0.3, -0.25) is 4.99 Å². The van der Waals surface area contributed by atoms with Crippen molar-refractivity contribution in [1.82, 2.24) is 10.2 Å². The standard InChI is InChI=1S/C32H39ClN6O/c1-4-22(2)30(26-15-16-35-31(26)34-3)39-19-9-11-24(21-39)23-10-7-12-25(20-23)36-32(40)37-29-27(33)13-8-14-28(29)38-17-5-6-18-38/h7-8,10,12-16,20,24H,2,4-6,9,11,17-19,21H2,1,3H3,(H,34,35)(H2,36,37,40)/b30-26+. The van der Waals surface area contributed by atoms with Crippen LogP contribution in [0.25, 0.3) is 0 Å². The van der Waals surface area contributed by atoms with Gasteiger partial charge in [-0.25, -0.2) is 4.79 Å². The maximum atomic E-state index is 13.1. The lowest BCUT2D eigenvalue weighted by Crippen LogP contribution is -2.36. The molecular weight excluding hydrogens is 520 g/mol. The number of piperidine rings is 1. The smallest absolute Gasteiger partial charge is 0.323 e. The highest BCUT2D eigenvalue weighted by Crippen LogP contribution is 2.36. The molecular formula is C32H39ClN6O. The zero-order valence-corrected chi connectivity index (χ0v) is 24.2. The zero-order chi connectivity index (χ0) is 28.1. The topological polar surface area (TPSA) is 72.0 Å². The number of urea groups is 1. The number of carbonyl (C=O) groups excluding carboxylic acids is 1. The van der Waals surface area contributed by atoms with Crippen LogP contribution in [0.1, 0.15) is 50.5 Å². The molecule has 0 bridgehead atoms. The highest BCUT2D eigenvalue weighted by Gasteiger charge is 2.27. The molecule has 210 valence electrons. The molecule has 2 amide bonds. The molecule has 8 heteroatoms. The molecule has 3 heterocycles. The van der Waals surface area contributed by atoms with Crippen LogP contribution >= 0.6 is 11.6 Å². The van der Waals surface area contributed by atoms with Gasteiger partial charge >= 0.3 is 6.03 Å². The number of benzene rings is 2. The van der Waals surface area contributed by atoms with E-state index in [-0.39, 0.29) is 6.03 Å². The van der Waals surface area contributed by atoms with Crippen LogP contribution < -0.4 is 20.9 Å². The van der Waals surface area contributed by atoms with Crippen molar-refractivity contribution in [3.8, 4) is 0 Å². The molecule has 2 aromatic rings. The Hall–Kier alpha value is -3.71. The summed E-state index contributed by atoms with van der Waals surface area (Å²) in [7, 11) is 1.81. The van der Waals surface area contributed by atoms with E-state index in [1.54, 1.807) is 0 Å². The van der Waals surface area contributed by atoms with Gasteiger partial charge in [0.05, 0.1) is 22.1 Å². The first-order chi connectivity index (χ1) is 19.5. The lowest BCUT2D eigenvalue weighted by atomic mass is 9.89. The van der Waals surface area contributed by atoms with E-state index >= 15 is 0 Å². The third-order valence-electron chi connectivity index (χ3n) is 8.00. The number of halogens is 1. The number of anilines is 3.